The Morgan fingerprint density at radius 2 is 2.25 bits per heavy atom. The van der Waals surface area contributed by atoms with E-state index in [0.29, 0.717) is 16.8 Å². The highest BCUT2D eigenvalue weighted by molar-refractivity contribution is 6.32. The van der Waals surface area contributed by atoms with Gasteiger partial charge in [0.1, 0.15) is 5.75 Å². The molecule has 3 heteroatoms. The first-order valence-corrected chi connectivity index (χ1v) is 5.80. The van der Waals surface area contributed by atoms with E-state index in [0.717, 1.165) is 12.1 Å². The van der Waals surface area contributed by atoms with Crippen LogP contribution in [0.1, 0.15) is 19.4 Å². The Morgan fingerprint density at radius 1 is 1.50 bits per heavy atom. The fraction of sp³-hybridized carbons (Fsp3) is 0.385. The minimum Gasteiger partial charge on any atom is -0.495 e. The summed E-state index contributed by atoms with van der Waals surface area (Å²) in [6.07, 6.45) is 4.17. The first-order valence-electron chi connectivity index (χ1n) is 5.42. The summed E-state index contributed by atoms with van der Waals surface area (Å²) in [5.74, 6) is 0.707. The van der Waals surface area contributed by atoms with E-state index in [1.807, 2.05) is 18.2 Å². The van der Waals surface area contributed by atoms with Crippen LogP contribution in [0.4, 0.5) is 0 Å². The maximum atomic E-state index is 6.03. The van der Waals surface area contributed by atoms with Gasteiger partial charge in [0, 0.05) is 6.04 Å². The summed E-state index contributed by atoms with van der Waals surface area (Å²) in [5, 5.41) is 3.95. The van der Waals surface area contributed by atoms with Crippen LogP contribution in [0.2, 0.25) is 5.02 Å². The largest absolute Gasteiger partial charge is 0.495 e. The van der Waals surface area contributed by atoms with Crippen molar-refractivity contribution in [3.63, 3.8) is 0 Å². The molecule has 16 heavy (non-hydrogen) atoms. The highest BCUT2D eigenvalue weighted by Gasteiger charge is 1.99. The molecule has 0 fully saturated rings. The van der Waals surface area contributed by atoms with E-state index in [2.05, 4.69) is 31.3 Å². The van der Waals surface area contributed by atoms with Gasteiger partial charge in [-0.2, -0.15) is 0 Å². The van der Waals surface area contributed by atoms with E-state index >= 15 is 0 Å². The topological polar surface area (TPSA) is 21.3 Å². The Balaban J connectivity index is 2.71. The highest BCUT2D eigenvalue weighted by Crippen LogP contribution is 2.25. The maximum Gasteiger partial charge on any atom is 0.137 e. The van der Waals surface area contributed by atoms with Crippen LogP contribution >= 0.6 is 11.6 Å². The van der Waals surface area contributed by atoms with Gasteiger partial charge in [-0.25, -0.2) is 0 Å². The number of likely N-dealkylation sites (N-methyl/N-ethyl adjacent to an activating group) is 1. The summed E-state index contributed by atoms with van der Waals surface area (Å²) in [4.78, 5) is 0. The lowest BCUT2D eigenvalue weighted by molar-refractivity contribution is 0.415. The first-order chi connectivity index (χ1) is 7.67. The van der Waals surface area contributed by atoms with Crippen LogP contribution < -0.4 is 10.1 Å². The van der Waals surface area contributed by atoms with Crippen LogP contribution in [0.3, 0.4) is 0 Å². The molecule has 0 aliphatic rings. The molecular formula is C13H18ClNO. The molecule has 0 aliphatic carbocycles. The zero-order valence-corrected chi connectivity index (χ0v) is 10.7. The van der Waals surface area contributed by atoms with Gasteiger partial charge >= 0.3 is 0 Å². The third-order valence-corrected chi connectivity index (χ3v) is 2.57. The van der Waals surface area contributed by atoms with Crippen molar-refractivity contribution < 1.29 is 4.74 Å². The minimum atomic E-state index is 0.367. The fourth-order valence-electron chi connectivity index (χ4n) is 1.43. The smallest absolute Gasteiger partial charge is 0.137 e. The van der Waals surface area contributed by atoms with Crippen molar-refractivity contribution in [2.45, 2.75) is 19.9 Å². The van der Waals surface area contributed by atoms with Gasteiger partial charge in [0.05, 0.1) is 12.1 Å². The summed E-state index contributed by atoms with van der Waals surface area (Å²) in [7, 11) is 1.62. The van der Waals surface area contributed by atoms with Gasteiger partial charge < -0.3 is 10.1 Å². The second-order valence-corrected chi connectivity index (χ2v) is 4.01. The zero-order chi connectivity index (χ0) is 12.0. The molecule has 0 saturated carbocycles. The van der Waals surface area contributed by atoms with Crippen molar-refractivity contribution in [3.8, 4) is 5.75 Å². The molecule has 0 saturated heterocycles. The van der Waals surface area contributed by atoms with E-state index in [1.165, 1.54) is 0 Å². The van der Waals surface area contributed by atoms with Crippen molar-refractivity contribution in [1.29, 1.82) is 0 Å². The predicted molar refractivity (Wildman–Crippen MR) is 70.2 cm³/mol. The van der Waals surface area contributed by atoms with Gasteiger partial charge in [0.2, 0.25) is 0 Å². The lowest BCUT2D eigenvalue weighted by Crippen LogP contribution is -2.22. The van der Waals surface area contributed by atoms with Crippen molar-refractivity contribution in [2.75, 3.05) is 13.7 Å². The number of nitrogens with one attached hydrogen (secondary N) is 1. The molecule has 1 rings (SSSR count). The van der Waals surface area contributed by atoms with E-state index in [-0.39, 0.29) is 0 Å². The lowest BCUT2D eigenvalue weighted by Gasteiger charge is -2.06. The van der Waals surface area contributed by atoms with Gasteiger partial charge in [-0.15, -0.1) is 0 Å². The van der Waals surface area contributed by atoms with Gasteiger partial charge in [-0.1, -0.05) is 36.7 Å². The molecule has 0 aliphatic heterocycles. The standard InChI is InChI=1S/C13H18ClNO/c1-4-15-10(2)5-6-11-7-8-13(16-3)12(14)9-11/h5-10,15H,4H2,1-3H3/b6-5+. The molecule has 0 amide bonds. The van der Waals surface area contributed by atoms with Crippen molar-refractivity contribution in [1.82, 2.24) is 5.32 Å². The van der Waals surface area contributed by atoms with Gasteiger partial charge in [0.15, 0.2) is 0 Å². The number of benzene rings is 1. The van der Waals surface area contributed by atoms with Crippen LogP contribution in [0.15, 0.2) is 24.3 Å². The third-order valence-electron chi connectivity index (χ3n) is 2.28. The normalized spacial score (nSPS) is 13.0. The van der Waals surface area contributed by atoms with Crippen molar-refractivity contribution >= 4 is 17.7 Å². The summed E-state index contributed by atoms with van der Waals surface area (Å²) in [5.41, 5.74) is 1.08. The second-order valence-electron chi connectivity index (χ2n) is 3.60. The van der Waals surface area contributed by atoms with E-state index < -0.39 is 0 Å². The molecule has 0 spiro atoms. The second kappa shape index (κ2) is 6.56. The number of rotatable bonds is 5. The summed E-state index contributed by atoms with van der Waals surface area (Å²) in [6.45, 7) is 5.18. The lowest BCUT2D eigenvalue weighted by atomic mass is 10.1. The number of halogens is 1. The molecule has 1 atom stereocenters. The molecular weight excluding hydrogens is 222 g/mol. The number of hydrogen-bond donors (Lipinski definition) is 1. The summed E-state index contributed by atoms with van der Waals surface area (Å²) >= 11 is 6.03. The van der Waals surface area contributed by atoms with Gasteiger partial charge in [-0.05, 0) is 31.2 Å². The molecule has 0 aromatic heterocycles. The summed E-state index contributed by atoms with van der Waals surface area (Å²) < 4.78 is 5.10. The van der Waals surface area contributed by atoms with Crippen LogP contribution in [0.5, 0.6) is 5.75 Å². The van der Waals surface area contributed by atoms with Gasteiger partial charge in [0.25, 0.3) is 0 Å². The maximum absolute atomic E-state index is 6.03. The highest BCUT2D eigenvalue weighted by atomic mass is 35.5. The Morgan fingerprint density at radius 3 is 2.81 bits per heavy atom. The SMILES string of the molecule is CCNC(C)/C=C/c1ccc(OC)c(Cl)c1. The molecule has 0 heterocycles. The molecule has 1 unspecified atom stereocenters. The number of methoxy groups -OCH3 is 1. The van der Waals surface area contributed by atoms with Crippen LogP contribution in [0.25, 0.3) is 6.08 Å². The number of ether oxygens (including phenoxy) is 1. The van der Waals surface area contributed by atoms with E-state index in [4.69, 9.17) is 16.3 Å². The quantitative estimate of drug-likeness (QED) is 0.851. The first kappa shape index (κ1) is 13.1. The molecule has 0 radical (unpaired) electrons. The van der Waals surface area contributed by atoms with E-state index in [9.17, 15) is 0 Å². The summed E-state index contributed by atoms with van der Waals surface area (Å²) in [6, 6.07) is 6.13. The molecule has 0 bridgehead atoms. The molecule has 1 aromatic rings. The Hall–Kier alpha value is -0.990. The molecule has 88 valence electrons. The van der Waals surface area contributed by atoms with Crippen molar-refractivity contribution in [2.24, 2.45) is 0 Å². The van der Waals surface area contributed by atoms with Crippen LogP contribution in [0, 0.1) is 0 Å². The zero-order valence-electron chi connectivity index (χ0n) is 9.96. The Labute approximate surface area is 102 Å². The van der Waals surface area contributed by atoms with E-state index in [1.54, 1.807) is 7.11 Å². The Bertz CT molecular complexity index is 363. The fourth-order valence-corrected chi connectivity index (χ4v) is 1.70. The third kappa shape index (κ3) is 3.87. The average molecular weight is 240 g/mol. The Kier molecular flexibility index (Phi) is 5.36. The van der Waals surface area contributed by atoms with Crippen molar-refractivity contribution in [3.05, 3.63) is 34.9 Å². The minimum absolute atomic E-state index is 0.367. The predicted octanol–water partition coefficient (Wildman–Crippen LogP) is 3.36. The number of hydrogen-bond acceptors (Lipinski definition) is 2. The monoisotopic (exact) mass is 239 g/mol. The average Bonchev–Trinajstić information content (AvgIpc) is 2.27. The molecule has 1 N–H and O–H groups in total. The van der Waals surface area contributed by atoms with Gasteiger partial charge in [-0.3, -0.25) is 0 Å². The molecule has 2 nitrogen and oxygen atoms in total. The van der Waals surface area contributed by atoms with Crippen LogP contribution in [-0.2, 0) is 0 Å². The van der Waals surface area contributed by atoms with Crippen LogP contribution in [-0.4, -0.2) is 19.7 Å². The molecule has 1 aromatic carbocycles.